The number of nitrogens with one attached hydrogen (secondary N) is 1. The highest BCUT2D eigenvalue weighted by Gasteiger charge is 2.24. The number of morpholine rings is 1. The summed E-state index contributed by atoms with van der Waals surface area (Å²) in [5.41, 5.74) is 4.70. The minimum atomic E-state index is -2.93. The van der Waals surface area contributed by atoms with Gasteiger partial charge in [0.15, 0.2) is 0 Å². The van der Waals surface area contributed by atoms with Crippen LogP contribution in [0.25, 0.3) is 22.2 Å². The molecule has 35 heavy (non-hydrogen) atoms. The number of carbonyl (C=O) groups is 1. The first-order valence-corrected chi connectivity index (χ1v) is 13.9. The van der Waals surface area contributed by atoms with Crippen LogP contribution in [-0.2, 0) is 21.1 Å². The van der Waals surface area contributed by atoms with Crippen molar-refractivity contribution in [3.8, 4) is 11.3 Å². The predicted octanol–water partition coefficient (Wildman–Crippen LogP) is 3.96. The lowest BCUT2D eigenvalue weighted by atomic mass is 10.1. The second-order valence-electron chi connectivity index (χ2n) is 9.30. The topological polar surface area (TPSA) is 80.6 Å². The van der Waals surface area contributed by atoms with Crippen LogP contribution in [0.1, 0.15) is 23.2 Å². The first kappa shape index (κ1) is 23.8. The first-order chi connectivity index (χ1) is 16.9. The quantitative estimate of drug-likeness (QED) is 0.524. The maximum absolute atomic E-state index is 12.9. The standard InChI is InChI=1S/C27H31N3O4S/c1-2-27(31)30-25-5-3-4-24(28-22-10-16-35(32,33)17-11-22)23(25)18-26(30)21-8-6-20(7-9-21)19-29-12-14-34-15-13-29/h2-9,18,22,28H,1,10-17,19H2. The van der Waals surface area contributed by atoms with Gasteiger partial charge in [-0.2, -0.15) is 0 Å². The SMILES string of the molecule is C=CC(=O)n1c(-c2ccc(CN3CCOCC3)cc2)cc2c(NC3CCS(=O)(=O)CC3)cccc21. The van der Waals surface area contributed by atoms with Gasteiger partial charge in [0, 0.05) is 36.7 Å². The molecule has 0 spiro atoms. The summed E-state index contributed by atoms with van der Waals surface area (Å²) in [6, 6.07) is 16.3. The molecule has 0 saturated carbocycles. The van der Waals surface area contributed by atoms with E-state index in [-0.39, 0.29) is 23.5 Å². The molecule has 3 aromatic rings. The van der Waals surface area contributed by atoms with E-state index < -0.39 is 9.84 Å². The molecule has 0 atom stereocenters. The number of sulfone groups is 1. The number of anilines is 1. The lowest BCUT2D eigenvalue weighted by molar-refractivity contribution is 0.0342. The fourth-order valence-electron chi connectivity index (χ4n) is 4.95. The molecule has 2 saturated heterocycles. The van der Waals surface area contributed by atoms with Crippen LogP contribution in [0.4, 0.5) is 5.69 Å². The van der Waals surface area contributed by atoms with Crippen molar-refractivity contribution in [1.29, 1.82) is 0 Å². The number of allylic oxidation sites excluding steroid dienone is 1. The molecule has 0 aliphatic carbocycles. The Morgan fingerprint density at radius 3 is 2.49 bits per heavy atom. The molecule has 0 bridgehead atoms. The first-order valence-electron chi connectivity index (χ1n) is 12.1. The molecule has 1 N–H and O–H groups in total. The molecule has 1 aromatic heterocycles. The number of carbonyl (C=O) groups excluding carboxylic acids is 1. The number of nitrogens with zero attached hydrogens (tertiary/aromatic N) is 2. The van der Waals surface area contributed by atoms with E-state index in [4.69, 9.17) is 4.74 Å². The van der Waals surface area contributed by atoms with Gasteiger partial charge in [0.2, 0.25) is 0 Å². The highest BCUT2D eigenvalue weighted by Crippen LogP contribution is 2.34. The fraction of sp³-hybridized carbons (Fsp3) is 0.370. The third-order valence-electron chi connectivity index (χ3n) is 6.91. The Bertz CT molecular complexity index is 1320. The second-order valence-corrected chi connectivity index (χ2v) is 11.6. The van der Waals surface area contributed by atoms with Crippen LogP contribution in [0, 0.1) is 0 Å². The lowest BCUT2D eigenvalue weighted by Crippen LogP contribution is -2.35. The molecule has 0 radical (unpaired) electrons. The summed E-state index contributed by atoms with van der Waals surface area (Å²) in [6.07, 6.45) is 2.51. The van der Waals surface area contributed by atoms with Crippen LogP contribution >= 0.6 is 0 Å². The van der Waals surface area contributed by atoms with Crippen molar-refractivity contribution in [3.05, 3.63) is 66.7 Å². The van der Waals surface area contributed by atoms with Gasteiger partial charge in [-0.1, -0.05) is 36.9 Å². The van der Waals surface area contributed by atoms with E-state index in [9.17, 15) is 13.2 Å². The molecule has 7 nitrogen and oxygen atoms in total. The van der Waals surface area contributed by atoms with Crippen molar-refractivity contribution in [2.24, 2.45) is 0 Å². The predicted molar refractivity (Wildman–Crippen MR) is 140 cm³/mol. The number of fused-ring (bicyclic) bond motifs is 1. The van der Waals surface area contributed by atoms with Gasteiger partial charge < -0.3 is 10.1 Å². The van der Waals surface area contributed by atoms with Gasteiger partial charge in [-0.3, -0.25) is 14.3 Å². The van der Waals surface area contributed by atoms with Gasteiger partial charge in [0.25, 0.3) is 5.91 Å². The molecule has 2 aliphatic heterocycles. The maximum atomic E-state index is 12.9. The van der Waals surface area contributed by atoms with Crippen molar-refractivity contribution in [2.45, 2.75) is 25.4 Å². The molecule has 2 fully saturated rings. The highest BCUT2D eigenvalue weighted by molar-refractivity contribution is 7.91. The number of aromatic nitrogens is 1. The Hall–Kier alpha value is -2.94. The van der Waals surface area contributed by atoms with E-state index in [2.05, 4.69) is 41.1 Å². The van der Waals surface area contributed by atoms with Crippen molar-refractivity contribution in [3.63, 3.8) is 0 Å². The van der Waals surface area contributed by atoms with Crippen molar-refractivity contribution in [2.75, 3.05) is 43.1 Å². The van der Waals surface area contributed by atoms with E-state index in [1.165, 1.54) is 11.6 Å². The second kappa shape index (κ2) is 9.97. The Morgan fingerprint density at radius 1 is 1.09 bits per heavy atom. The van der Waals surface area contributed by atoms with E-state index in [1.54, 1.807) is 4.57 Å². The number of hydrogen-bond donors (Lipinski definition) is 1. The Labute approximate surface area is 206 Å². The van der Waals surface area contributed by atoms with Crippen LogP contribution < -0.4 is 5.32 Å². The van der Waals surface area contributed by atoms with Crippen molar-refractivity contribution >= 4 is 32.3 Å². The molecule has 0 unspecified atom stereocenters. The monoisotopic (exact) mass is 493 g/mol. The molecule has 2 aromatic carbocycles. The summed E-state index contributed by atoms with van der Waals surface area (Å²) in [5.74, 6) is 0.227. The molecule has 0 amide bonds. The molecule has 2 aliphatic rings. The molecule has 5 rings (SSSR count). The van der Waals surface area contributed by atoms with E-state index in [1.807, 2.05) is 24.3 Å². The highest BCUT2D eigenvalue weighted by atomic mass is 32.2. The van der Waals surface area contributed by atoms with E-state index >= 15 is 0 Å². The molecular formula is C27H31N3O4S. The van der Waals surface area contributed by atoms with Crippen LogP contribution in [0.5, 0.6) is 0 Å². The summed E-state index contributed by atoms with van der Waals surface area (Å²) in [4.78, 5) is 15.3. The molecular weight excluding hydrogens is 462 g/mol. The van der Waals surface area contributed by atoms with Crippen molar-refractivity contribution < 1.29 is 17.9 Å². The number of ether oxygens (including phenoxy) is 1. The lowest BCUT2D eigenvalue weighted by Gasteiger charge is -2.26. The zero-order valence-corrected chi connectivity index (χ0v) is 20.6. The number of hydrogen-bond acceptors (Lipinski definition) is 6. The van der Waals surface area contributed by atoms with Crippen LogP contribution in [0.3, 0.4) is 0 Å². The summed E-state index contributed by atoms with van der Waals surface area (Å²) in [6.45, 7) is 8.01. The van der Waals surface area contributed by atoms with Gasteiger partial charge in [0.1, 0.15) is 9.84 Å². The molecule has 184 valence electrons. The summed E-state index contributed by atoms with van der Waals surface area (Å²) < 4.78 is 30.8. The summed E-state index contributed by atoms with van der Waals surface area (Å²) in [7, 11) is -2.93. The summed E-state index contributed by atoms with van der Waals surface area (Å²) in [5, 5.41) is 4.47. The van der Waals surface area contributed by atoms with Gasteiger partial charge in [-0.25, -0.2) is 8.42 Å². The third kappa shape index (κ3) is 5.19. The number of rotatable bonds is 6. The zero-order chi connectivity index (χ0) is 24.4. The van der Waals surface area contributed by atoms with Crippen LogP contribution in [-0.4, -0.2) is 67.6 Å². The van der Waals surface area contributed by atoms with Crippen LogP contribution in [0.15, 0.2) is 61.2 Å². The van der Waals surface area contributed by atoms with Gasteiger partial charge in [0.05, 0.1) is 35.9 Å². The van der Waals surface area contributed by atoms with E-state index in [0.29, 0.717) is 12.8 Å². The van der Waals surface area contributed by atoms with Crippen LogP contribution in [0.2, 0.25) is 0 Å². The van der Waals surface area contributed by atoms with Gasteiger partial charge >= 0.3 is 0 Å². The smallest absolute Gasteiger partial charge is 0.254 e. The fourth-order valence-corrected chi connectivity index (χ4v) is 6.44. The normalized spacial score (nSPS) is 19.0. The largest absolute Gasteiger partial charge is 0.382 e. The van der Waals surface area contributed by atoms with E-state index in [0.717, 1.165) is 60.7 Å². The average molecular weight is 494 g/mol. The Morgan fingerprint density at radius 2 is 1.80 bits per heavy atom. The third-order valence-corrected chi connectivity index (χ3v) is 8.63. The maximum Gasteiger partial charge on any atom is 0.254 e. The Balaban J connectivity index is 1.46. The minimum Gasteiger partial charge on any atom is -0.382 e. The average Bonchev–Trinajstić information content (AvgIpc) is 3.26. The molecule has 3 heterocycles. The number of benzene rings is 2. The molecule has 8 heteroatoms. The summed E-state index contributed by atoms with van der Waals surface area (Å²) >= 11 is 0. The Kier molecular flexibility index (Phi) is 6.77. The van der Waals surface area contributed by atoms with Crippen molar-refractivity contribution in [1.82, 2.24) is 9.47 Å². The zero-order valence-electron chi connectivity index (χ0n) is 19.8. The van der Waals surface area contributed by atoms with Gasteiger partial charge in [-0.15, -0.1) is 0 Å². The minimum absolute atomic E-state index is 0.0884. The van der Waals surface area contributed by atoms with Gasteiger partial charge in [-0.05, 0) is 48.2 Å².